The number of aromatic carboxylic acids is 1. The molecule has 2 aromatic heterocycles. The van der Waals surface area contributed by atoms with Crippen molar-refractivity contribution in [2.75, 3.05) is 11.1 Å². The molecule has 3 rings (SSSR count). The molecule has 0 radical (unpaired) electrons. The second kappa shape index (κ2) is 5.83. The van der Waals surface area contributed by atoms with Gasteiger partial charge in [-0.2, -0.15) is 15.1 Å². The first-order chi connectivity index (χ1) is 11.4. The molecule has 0 saturated carbocycles. The van der Waals surface area contributed by atoms with Crippen LogP contribution in [0, 0.1) is 0 Å². The van der Waals surface area contributed by atoms with Crippen LogP contribution in [0.3, 0.4) is 0 Å². The van der Waals surface area contributed by atoms with Crippen LogP contribution in [0.25, 0.3) is 10.9 Å². The molecule has 10 nitrogen and oxygen atoms in total. The molecule has 10 heteroatoms. The number of anilines is 3. The fourth-order valence-corrected chi connectivity index (χ4v) is 2.11. The summed E-state index contributed by atoms with van der Waals surface area (Å²) < 4.78 is 4.88. The van der Waals surface area contributed by atoms with Crippen LogP contribution in [0.15, 0.2) is 24.3 Å². The number of ether oxygens (including phenoxy) is 1. The van der Waals surface area contributed by atoms with Gasteiger partial charge in [-0.3, -0.25) is 9.89 Å². The van der Waals surface area contributed by atoms with Crippen molar-refractivity contribution in [2.24, 2.45) is 0 Å². The van der Waals surface area contributed by atoms with Gasteiger partial charge in [0.25, 0.3) is 0 Å². The summed E-state index contributed by atoms with van der Waals surface area (Å²) in [5.74, 6) is -1.45. The first-order valence-electron chi connectivity index (χ1n) is 6.74. The highest BCUT2D eigenvalue weighted by molar-refractivity contribution is 6.02. The van der Waals surface area contributed by atoms with Gasteiger partial charge in [-0.05, 0) is 18.2 Å². The number of nitrogens with one attached hydrogen (secondary N) is 2. The second-order valence-electron chi connectivity index (χ2n) is 4.81. The molecule has 0 aliphatic rings. The maximum atomic E-state index is 11.1. The number of hydrogen-bond acceptors (Lipinski definition) is 8. The number of benzene rings is 1. The van der Waals surface area contributed by atoms with Crippen molar-refractivity contribution in [1.82, 2.24) is 20.2 Å². The van der Waals surface area contributed by atoms with Crippen LogP contribution in [0.1, 0.15) is 17.4 Å². The number of carboxylic acid groups (broad SMARTS) is 1. The molecule has 0 atom stereocenters. The normalized spacial score (nSPS) is 10.5. The van der Waals surface area contributed by atoms with Crippen molar-refractivity contribution < 1.29 is 19.4 Å². The summed E-state index contributed by atoms with van der Waals surface area (Å²) >= 11 is 0. The molecule has 24 heavy (non-hydrogen) atoms. The minimum absolute atomic E-state index is 0.00751. The van der Waals surface area contributed by atoms with E-state index in [4.69, 9.17) is 15.6 Å². The SMILES string of the molecule is CC(=O)Oc1cc(Nc2ccc3[nH]nc(C(=O)O)c3c2)nc(N)n1. The van der Waals surface area contributed by atoms with Gasteiger partial charge in [0, 0.05) is 24.1 Å². The van der Waals surface area contributed by atoms with E-state index in [0.717, 1.165) is 0 Å². The third-order valence-electron chi connectivity index (χ3n) is 3.01. The Bertz CT molecular complexity index is 952. The van der Waals surface area contributed by atoms with Gasteiger partial charge in [0.15, 0.2) is 5.69 Å². The van der Waals surface area contributed by atoms with Gasteiger partial charge in [-0.25, -0.2) is 4.79 Å². The maximum Gasteiger partial charge on any atom is 0.357 e. The number of hydrogen-bond donors (Lipinski definition) is 4. The molecule has 5 N–H and O–H groups in total. The number of carboxylic acids is 1. The van der Waals surface area contributed by atoms with Gasteiger partial charge >= 0.3 is 11.9 Å². The highest BCUT2D eigenvalue weighted by Crippen LogP contribution is 2.24. The lowest BCUT2D eigenvalue weighted by Gasteiger charge is -2.08. The Balaban J connectivity index is 1.94. The van der Waals surface area contributed by atoms with Crippen molar-refractivity contribution in [3.05, 3.63) is 30.0 Å². The predicted molar refractivity (Wildman–Crippen MR) is 84.1 cm³/mol. The lowest BCUT2D eigenvalue weighted by molar-refractivity contribution is -0.132. The molecular formula is C14H12N6O4. The molecule has 0 saturated heterocycles. The van der Waals surface area contributed by atoms with E-state index in [1.54, 1.807) is 18.2 Å². The monoisotopic (exact) mass is 328 g/mol. The molecule has 0 amide bonds. The Morgan fingerprint density at radius 1 is 1.29 bits per heavy atom. The predicted octanol–water partition coefficient (Wildman–Crippen LogP) is 1.30. The lowest BCUT2D eigenvalue weighted by Crippen LogP contribution is -2.07. The molecular weight excluding hydrogens is 316 g/mol. The van der Waals surface area contributed by atoms with Gasteiger partial charge < -0.3 is 20.9 Å². The van der Waals surface area contributed by atoms with E-state index in [0.29, 0.717) is 22.4 Å². The lowest BCUT2D eigenvalue weighted by atomic mass is 10.2. The second-order valence-corrected chi connectivity index (χ2v) is 4.81. The van der Waals surface area contributed by atoms with Crippen LogP contribution in [0.2, 0.25) is 0 Å². The summed E-state index contributed by atoms with van der Waals surface area (Å²) in [6, 6.07) is 6.38. The number of aromatic nitrogens is 4. The Kier molecular flexibility index (Phi) is 3.70. The Hall–Kier alpha value is -3.69. The number of esters is 1. The molecule has 122 valence electrons. The number of carbonyl (C=O) groups is 2. The van der Waals surface area contributed by atoms with E-state index in [-0.39, 0.29) is 17.5 Å². The smallest absolute Gasteiger partial charge is 0.357 e. The highest BCUT2D eigenvalue weighted by atomic mass is 16.5. The molecule has 1 aromatic carbocycles. The van der Waals surface area contributed by atoms with Crippen molar-refractivity contribution in [3.8, 4) is 5.88 Å². The van der Waals surface area contributed by atoms with Crippen LogP contribution < -0.4 is 15.8 Å². The van der Waals surface area contributed by atoms with Crippen molar-refractivity contribution in [3.63, 3.8) is 0 Å². The zero-order valence-electron chi connectivity index (χ0n) is 12.4. The van der Waals surface area contributed by atoms with Gasteiger partial charge in [-0.1, -0.05) is 0 Å². The van der Waals surface area contributed by atoms with Gasteiger partial charge in [-0.15, -0.1) is 0 Å². The maximum absolute atomic E-state index is 11.1. The first kappa shape index (κ1) is 15.2. The zero-order chi connectivity index (χ0) is 17.3. The number of nitrogen functional groups attached to an aromatic ring is 1. The average molecular weight is 328 g/mol. The summed E-state index contributed by atoms with van der Waals surface area (Å²) in [4.78, 5) is 29.9. The van der Waals surface area contributed by atoms with Crippen molar-refractivity contribution in [2.45, 2.75) is 6.92 Å². The Morgan fingerprint density at radius 2 is 2.08 bits per heavy atom. The van der Waals surface area contributed by atoms with E-state index in [1.807, 2.05) is 0 Å². The van der Waals surface area contributed by atoms with Gasteiger partial charge in [0.2, 0.25) is 11.8 Å². The fraction of sp³-hybridized carbons (Fsp3) is 0.0714. The molecule has 0 fully saturated rings. The van der Waals surface area contributed by atoms with E-state index in [9.17, 15) is 9.59 Å². The zero-order valence-corrected chi connectivity index (χ0v) is 12.4. The minimum atomic E-state index is -1.14. The highest BCUT2D eigenvalue weighted by Gasteiger charge is 2.13. The molecule has 0 bridgehead atoms. The standard InChI is InChI=1S/C14H12N6O4/c1-6(21)24-11-5-10(17-14(15)18-11)16-7-2-3-9-8(4-7)12(13(22)23)20-19-9/h2-5H,1H3,(H,19,20)(H,22,23)(H3,15,16,17,18). The largest absolute Gasteiger partial charge is 0.476 e. The van der Waals surface area contributed by atoms with E-state index in [1.165, 1.54) is 13.0 Å². The van der Waals surface area contributed by atoms with E-state index >= 15 is 0 Å². The van der Waals surface area contributed by atoms with Crippen LogP contribution in [0.5, 0.6) is 5.88 Å². The number of rotatable bonds is 4. The Labute approximate surface area is 134 Å². The number of fused-ring (bicyclic) bond motifs is 1. The summed E-state index contributed by atoms with van der Waals surface area (Å²) in [5, 5.41) is 18.9. The average Bonchev–Trinajstić information content (AvgIpc) is 2.89. The molecule has 2 heterocycles. The van der Waals surface area contributed by atoms with Crippen molar-refractivity contribution >= 4 is 40.3 Å². The molecule has 0 aliphatic heterocycles. The van der Waals surface area contributed by atoms with E-state index in [2.05, 4.69) is 25.5 Å². The quantitative estimate of drug-likeness (QED) is 0.518. The Morgan fingerprint density at radius 3 is 2.79 bits per heavy atom. The summed E-state index contributed by atoms with van der Waals surface area (Å²) in [5.41, 5.74) is 6.63. The third-order valence-corrected chi connectivity index (χ3v) is 3.01. The molecule has 3 aromatic rings. The third kappa shape index (κ3) is 3.06. The van der Waals surface area contributed by atoms with Crippen molar-refractivity contribution in [1.29, 1.82) is 0 Å². The fourth-order valence-electron chi connectivity index (χ4n) is 2.11. The van der Waals surface area contributed by atoms with E-state index < -0.39 is 11.9 Å². The number of nitrogens with zero attached hydrogens (tertiary/aromatic N) is 3. The number of nitrogens with two attached hydrogens (primary N) is 1. The number of H-pyrrole nitrogens is 1. The molecule has 0 aliphatic carbocycles. The number of carbonyl (C=O) groups excluding carboxylic acids is 1. The summed E-state index contributed by atoms with van der Waals surface area (Å²) in [6.45, 7) is 1.24. The first-order valence-corrected chi connectivity index (χ1v) is 6.74. The molecule has 0 unspecified atom stereocenters. The summed E-state index contributed by atoms with van der Waals surface area (Å²) in [6.07, 6.45) is 0. The van der Waals surface area contributed by atoms with Crippen LogP contribution >= 0.6 is 0 Å². The van der Waals surface area contributed by atoms with Crippen LogP contribution in [-0.2, 0) is 4.79 Å². The topological polar surface area (TPSA) is 156 Å². The minimum Gasteiger partial charge on any atom is -0.476 e. The van der Waals surface area contributed by atoms with Crippen LogP contribution in [0.4, 0.5) is 17.5 Å². The number of aromatic amines is 1. The van der Waals surface area contributed by atoms with Gasteiger partial charge in [0.05, 0.1) is 5.52 Å². The van der Waals surface area contributed by atoms with Crippen LogP contribution in [-0.4, -0.2) is 37.2 Å². The summed E-state index contributed by atoms with van der Waals surface area (Å²) in [7, 11) is 0. The van der Waals surface area contributed by atoms with Gasteiger partial charge in [0.1, 0.15) is 5.82 Å². The molecule has 0 spiro atoms.